The van der Waals surface area contributed by atoms with Crippen LogP contribution in [0.25, 0.3) is 11.1 Å². The number of nitrogens with one attached hydrogen (secondary N) is 3. The number of urea groups is 1. The summed E-state index contributed by atoms with van der Waals surface area (Å²) in [6.45, 7) is 0.693. The minimum Gasteiger partial charge on any atom is -0.353 e. The molecular weight excluding hydrogens is 376 g/mol. The average molecular weight is 402 g/mol. The van der Waals surface area contributed by atoms with Gasteiger partial charge in [-0.15, -0.1) is 0 Å². The highest BCUT2D eigenvalue weighted by Gasteiger charge is 2.21. The number of amides is 3. The zero-order valence-electron chi connectivity index (χ0n) is 16.7. The second kappa shape index (κ2) is 10.8. The summed E-state index contributed by atoms with van der Waals surface area (Å²) in [5.74, 6) is -0.265. The van der Waals surface area contributed by atoms with Crippen molar-refractivity contribution in [3.63, 3.8) is 0 Å². The summed E-state index contributed by atoms with van der Waals surface area (Å²) in [5.41, 5.74) is 9.24. The van der Waals surface area contributed by atoms with Crippen LogP contribution >= 0.6 is 0 Å². The van der Waals surface area contributed by atoms with Crippen molar-refractivity contribution in [2.45, 2.75) is 12.5 Å². The van der Waals surface area contributed by atoms with E-state index in [-0.39, 0.29) is 5.91 Å². The molecule has 6 heteroatoms. The molecule has 6 nitrogen and oxygen atoms in total. The molecule has 0 radical (unpaired) electrons. The molecule has 0 aromatic heterocycles. The van der Waals surface area contributed by atoms with Crippen molar-refractivity contribution >= 4 is 17.6 Å². The van der Waals surface area contributed by atoms with Crippen molar-refractivity contribution in [2.24, 2.45) is 5.73 Å². The van der Waals surface area contributed by atoms with Crippen molar-refractivity contribution in [2.75, 3.05) is 18.4 Å². The van der Waals surface area contributed by atoms with Gasteiger partial charge in [-0.25, -0.2) is 4.79 Å². The summed E-state index contributed by atoms with van der Waals surface area (Å²) in [4.78, 5) is 25.0. The number of benzene rings is 3. The largest absolute Gasteiger partial charge is 0.353 e. The maximum absolute atomic E-state index is 12.5. The topological polar surface area (TPSA) is 96.2 Å². The van der Waals surface area contributed by atoms with Crippen LogP contribution < -0.4 is 21.7 Å². The highest BCUT2D eigenvalue weighted by atomic mass is 16.2. The van der Waals surface area contributed by atoms with Crippen LogP contribution in [0.15, 0.2) is 84.9 Å². The molecule has 0 saturated carbocycles. The standard InChI is InChI=1S/C24H26N4O2/c25-15-16-26-23(29)22(17-18-7-3-1-4-8-18)28-24(30)27-21-13-11-20(12-14-21)19-9-5-2-6-10-19/h1-14,22H,15-17,25H2,(H,26,29)(H2,27,28,30). The summed E-state index contributed by atoms with van der Waals surface area (Å²) in [6.07, 6.45) is 0.387. The quantitative estimate of drug-likeness (QED) is 0.466. The Morgan fingerprint density at radius 1 is 0.800 bits per heavy atom. The Bertz CT molecular complexity index is 944. The third-order valence-electron chi connectivity index (χ3n) is 4.60. The molecule has 30 heavy (non-hydrogen) atoms. The van der Waals surface area contributed by atoms with Gasteiger partial charge in [0.25, 0.3) is 0 Å². The molecule has 0 spiro atoms. The van der Waals surface area contributed by atoms with Crippen LogP contribution in [-0.2, 0) is 11.2 Å². The molecule has 1 atom stereocenters. The van der Waals surface area contributed by atoms with Gasteiger partial charge in [0.15, 0.2) is 0 Å². The van der Waals surface area contributed by atoms with Crippen molar-refractivity contribution < 1.29 is 9.59 Å². The summed E-state index contributed by atoms with van der Waals surface area (Å²) in [6, 6.07) is 26.0. The lowest BCUT2D eigenvalue weighted by Crippen LogP contribution is -2.50. The van der Waals surface area contributed by atoms with Gasteiger partial charge in [-0.1, -0.05) is 72.8 Å². The first kappa shape index (κ1) is 21.1. The zero-order chi connectivity index (χ0) is 21.2. The van der Waals surface area contributed by atoms with Crippen LogP contribution in [0.3, 0.4) is 0 Å². The molecule has 0 bridgehead atoms. The first-order chi connectivity index (χ1) is 14.7. The van der Waals surface area contributed by atoms with Crippen LogP contribution in [0.1, 0.15) is 5.56 Å². The predicted octanol–water partition coefficient (Wildman–Crippen LogP) is 3.16. The van der Waals surface area contributed by atoms with Crippen LogP contribution in [0, 0.1) is 0 Å². The number of hydrogen-bond donors (Lipinski definition) is 4. The molecule has 3 rings (SSSR count). The van der Waals surface area contributed by atoms with Gasteiger partial charge >= 0.3 is 6.03 Å². The van der Waals surface area contributed by atoms with E-state index in [1.807, 2.05) is 84.9 Å². The molecule has 0 fully saturated rings. The fraction of sp³-hybridized carbons (Fsp3) is 0.167. The van der Waals surface area contributed by atoms with Crippen molar-refractivity contribution in [1.29, 1.82) is 0 Å². The van der Waals surface area contributed by atoms with Gasteiger partial charge in [0.1, 0.15) is 6.04 Å². The Morgan fingerprint density at radius 2 is 1.40 bits per heavy atom. The van der Waals surface area contributed by atoms with Gasteiger partial charge in [-0.2, -0.15) is 0 Å². The van der Waals surface area contributed by atoms with E-state index in [2.05, 4.69) is 16.0 Å². The fourth-order valence-corrected chi connectivity index (χ4v) is 3.08. The Hall–Kier alpha value is -3.64. The monoisotopic (exact) mass is 402 g/mol. The molecule has 0 aliphatic heterocycles. The maximum Gasteiger partial charge on any atom is 0.319 e. The van der Waals surface area contributed by atoms with Crippen LogP contribution in [0.4, 0.5) is 10.5 Å². The molecule has 154 valence electrons. The summed E-state index contributed by atoms with van der Waals surface area (Å²) in [5, 5.41) is 8.30. The highest BCUT2D eigenvalue weighted by molar-refractivity contribution is 5.94. The Labute approximate surface area is 176 Å². The first-order valence-electron chi connectivity index (χ1n) is 9.90. The molecule has 0 saturated heterocycles. The Morgan fingerprint density at radius 3 is 2.03 bits per heavy atom. The van der Waals surface area contributed by atoms with Crippen molar-refractivity contribution in [3.8, 4) is 11.1 Å². The van der Waals surface area contributed by atoms with E-state index in [4.69, 9.17) is 5.73 Å². The number of nitrogens with two attached hydrogens (primary N) is 1. The van der Waals surface area contributed by atoms with Crippen molar-refractivity contribution in [3.05, 3.63) is 90.5 Å². The van der Waals surface area contributed by atoms with E-state index in [0.717, 1.165) is 16.7 Å². The Kier molecular flexibility index (Phi) is 7.58. The molecule has 3 amide bonds. The lowest BCUT2D eigenvalue weighted by atomic mass is 10.1. The normalized spacial score (nSPS) is 11.4. The van der Waals surface area contributed by atoms with Gasteiger partial charge in [0.05, 0.1) is 0 Å². The smallest absolute Gasteiger partial charge is 0.319 e. The summed E-state index contributed by atoms with van der Waals surface area (Å²) >= 11 is 0. The molecule has 1 unspecified atom stereocenters. The van der Waals surface area contributed by atoms with Crippen LogP contribution in [0.2, 0.25) is 0 Å². The first-order valence-corrected chi connectivity index (χ1v) is 9.90. The predicted molar refractivity (Wildman–Crippen MR) is 120 cm³/mol. The van der Waals surface area contributed by atoms with Crippen molar-refractivity contribution in [1.82, 2.24) is 10.6 Å². The van der Waals surface area contributed by atoms with Gasteiger partial charge in [0, 0.05) is 25.2 Å². The number of carbonyl (C=O) groups is 2. The Balaban J connectivity index is 1.63. The summed E-state index contributed by atoms with van der Waals surface area (Å²) < 4.78 is 0. The third kappa shape index (κ3) is 6.18. The second-order valence-corrected chi connectivity index (χ2v) is 6.86. The van der Waals surface area contributed by atoms with Gasteiger partial charge in [0.2, 0.25) is 5.91 Å². The highest BCUT2D eigenvalue weighted by Crippen LogP contribution is 2.21. The molecule has 0 aliphatic rings. The van der Waals surface area contributed by atoms with E-state index in [9.17, 15) is 9.59 Å². The molecular formula is C24H26N4O2. The molecule has 0 aliphatic carbocycles. The number of anilines is 1. The van der Waals surface area contributed by atoms with Gasteiger partial charge < -0.3 is 21.7 Å². The van der Waals surface area contributed by atoms with E-state index in [1.165, 1.54) is 0 Å². The molecule has 5 N–H and O–H groups in total. The maximum atomic E-state index is 12.5. The third-order valence-corrected chi connectivity index (χ3v) is 4.60. The second-order valence-electron chi connectivity index (χ2n) is 6.86. The van der Waals surface area contributed by atoms with E-state index < -0.39 is 12.1 Å². The molecule has 0 heterocycles. The molecule has 3 aromatic rings. The number of hydrogen-bond acceptors (Lipinski definition) is 3. The fourth-order valence-electron chi connectivity index (χ4n) is 3.08. The lowest BCUT2D eigenvalue weighted by Gasteiger charge is -2.19. The SMILES string of the molecule is NCCNC(=O)C(Cc1ccccc1)NC(=O)Nc1ccc(-c2ccccc2)cc1. The van der Waals surface area contributed by atoms with E-state index in [1.54, 1.807) is 0 Å². The molecule has 3 aromatic carbocycles. The zero-order valence-corrected chi connectivity index (χ0v) is 16.7. The average Bonchev–Trinajstić information content (AvgIpc) is 2.79. The van der Waals surface area contributed by atoms with E-state index >= 15 is 0 Å². The van der Waals surface area contributed by atoms with Gasteiger partial charge in [-0.3, -0.25) is 4.79 Å². The van der Waals surface area contributed by atoms with E-state index in [0.29, 0.717) is 25.2 Å². The summed E-state index contributed by atoms with van der Waals surface area (Å²) in [7, 11) is 0. The lowest BCUT2D eigenvalue weighted by molar-refractivity contribution is -0.122. The minimum absolute atomic E-state index is 0.265. The number of rotatable bonds is 8. The van der Waals surface area contributed by atoms with Crippen LogP contribution in [0.5, 0.6) is 0 Å². The number of carbonyl (C=O) groups excluding carboxylic acids is 2. The van der Waals surface area contributed by atoms with Gasteiger partial charge in [-0.05, 0) is 28.8 Å². The minimum atomic E-state index is -0.706. The van der Waals surface area contributed by atoms with Crippen LogP contribution in [-0.4, -0.2) is 31.1 Å².